The number of hydrogen-bond acceptors (Lipinski definition) is 3. The van der Waals surface area contributed by atoms with Crippen LogP contribution in [0.2, 0.25) is 0 Å². The first-order valence-corrected chi connectivity index (χ1v) is 8.07. The molecule has 2 unspecified atom stereocenters. The first kappa shape index (κ1) is 16.3. The van der Waals surface area contributed by atoms with Crippen LogP contribution in [0, 0.1) is 23.4 Å². The predicted molar refractivity (Wildman–Crippen MR) is 71.4 cm³/mol. The fourth-order valence-electron chi connectivity index (χ4n) is 2.53. The van der Waals surface area contributed by atoms with E-state index in [4.69, 9.17) is 5.73 Å². The molecular formula is C13H17F3N2O2S. The summed E-state index contributed by atoms with van der Waals surface area (Å²) in [7, 11) is -4.35. The quantitative estimate of drug-likeness (QED) is 0.924. The molecular weight excluding hydrogens is 305 g/mol. The summed E-state index contributed by atoms with van der Waals surface area (Å²) in [4.78, 5) is -1.10. The molecule has 1 aromatic carbocycles. The highest BCUT2D eigenvalue weighted by atomic mass is 32.2. The van der Waals surface area contributed by atoms with Crippen molar-refractivity contribution in [2.45, 2.75) is 30.7 Å². The zero-order valence-electron chi connectivity index (χ0n) is 11.5. The van der Waals surface area contributed by atoms with Crippen molar-refractivity contribution in [1.29, 1.82) is 0 Å². The Hall–Kier alpha value is -1.12. The highest BCUT2D eigenvalue weighted by Gasteiger charge is 2.35. The molecule has 1 aliphatic heterocycles. The van der Waals surface area contributed by atoms with E-state index < -0.39 is 32.4 Å². The largest absolute Gasteiger partial charge is 0.328 e. The van der Waals surface area contributed by atoms with Crippen LogP contribution in [-0.4, -0.2) is 31.9 Å². The molecule has 1 heterocycles. The van der Waals surface area contributed by atoms with Gasteiger partial charge < -0.3 is 5.73 Å². The van der Waals surface area contributed by atoms with Gasteiger partial charge in [0.2, 0.25) is 10.0 Å². The van der Waals surface area contributed by atoms with E-state index in [2.05, 4.69) is 0 Å². The lowest BCUT2D eigenvalue weighted by molar-refractivity contribution is 0.242. The first-order valence-electron chi connectivity index (χ1n) is 6.63. The second-order valence-electron chi connectivity index (χ2n) is 5.32. The van der Waals surface area contributed by atoms with Gasteiger partial charge in [-0.3, -0.25) is 0 Å². The summed E-state index contributed by atoms with van der Waals surface area (Å²) in [5.74, 6) is -4.07. The van der Waals surface area contributed by atoms with Crippen molar-refractivity contribution in [3.8, 4) is 0 Å². The topological polar surface area (TPSA) is 63.4 Å². The van der Waals surface area contributed by atoms with Gasteiger partial charge >= 0.3 is 0 Å². The molecule has 8 heteroatoms. The van der Waals surface area contributed by atoms with Crippen LogP contribution in [0.3, 0.4) is 0 Å². The van der Waals surface area contributed by atoms with Gasteiger partial charge in [-0.15, -0.1) is 0 Å². The summed E-state index contributed by atoms with van der Waals surface area (Å²) in [6.07, 6.45) is 1.33. The molecule has 0 saturated carbocycles. The van der Waals surface area contributed by atoms with Crippen molar-refractivity contribution in [2.24, 2.45) is 11.7 Å². The standard InChI is InChI=1S/C13H17F3N2O2S/c1-8(17)9-3-2-4-18(7-9)21(19,20)13-11(15)5-10(14)6-12(13)16/h5-6,8-9H,2-4,7,17H2,1H3. The van der Waals surface area contributed by atoms with Crippen LogP contribution in [0.15, 0.2) is 17.0 Å². The van der Waals surface area contributed by atoms with Crippen LogP contribution < -0.4 is 5.73 Å². The number of rotatable bonds is 3. The lowest BCUT2D eigenvalue weighted by Gasteiger charge is -2.33. The van der Waals surface area contributed by atoms with Gasteiger partial charge in [-0.05, 0) is 25.7 Å². The predicted octanol–water partition coefficient (Wildman–Crippen LogP) is 1.85. The summed E-state index contributed by atoms with van der Waals surface area (Å²) in [5, 5.41) is 0. The van der Waals surface area contributed by atoms with Gasteiger partial charge in [0.15, 0.2) is 4.90 Å². The van der Waals surface area contributed by atoms with E-state index in [0.717, 1.165) is 10.7 Å². The maximum Gasteiger partial charge on any atom is 0.248 e. The van der Waals surface area contributed by atoms with Crippen molar-refractivity contribution in [2.75, 3.05) is 13.1 Å². The van der Waals surface area contributed by atoms with Gasteiger partial charge in [-0.1, -0.05) is 0 Å². The Labute approximate surface area is 121 Å². The zero-order chi connectivity index (χ0) is 15.8. The molecule has 4 nitrogen and oxygen atoms in total. The second kappa shape index (κ2) is 5.94. The van der Waals surface area contributed by atoms with Gasteiger partial charge in [-0.25, -0.2) is 21.6 Å². The second-order valence-corrected chi connectivity index (χ2v) is 7.20. The molecule has 0 aliphatic carbocycles. The SMILES string of the molecule is CC(N)C1CCCN(S(=O)(=O)c2c(F)cc(F)cc2F)C1. The maximum atomic E-state index is 13.7. The average molecular weight is 322 g/mol. The van der Waals surface area contributed by atoms with Crippen LogP contribution in [0.5, 0.6) is 0 Å². The summed E-state index contributed by atoms with van der Waals surface area (Å²) in [5.41, 5.74) is 5.77. The van der Waals surface area contributed by atoms with Gasteiger partial charge in [0.25, 0.3) is 0 Å². The Kier molecular flexibility index (Phi) is 4.60. The summed E-state index contributed by atoms with van der Waals surface area (Å²) < 4.78 is 66.1. The highest BCUT2D eigenvalue weighted by molar-refractivity contribution is 7.89. The Balaban J connectivity index is 2.39. The molecule has 0 bridgehead atoms. The first-order chi connectivity index (χ1) is 9.73. The summed E-state index contributed by atoms with van der Waals surface area (Å²) >= 11 is 0. The minimum Gasteiger partial charge on any atom is -0.328 e. The molecule has 21 heavy (non-hydrogen) atoms. The Morgan fingerprint density at radius 3 is 2.38 bits per heavy atom. The van der Waals surface area contributed by atoms with Gasteiger partial charge in [-0.2, -0.15) is 4.31 Å². The summed E-state index contributed by atoms with van der Waals surface area (Å²) in [6.45, 7) is 2.04. The van der Waals surface area contributed by atoms with E-state index in [1.165, 1.54) is 0 Å². The molecule has 0 amide bonds. The molecule has 0 aromatic heterocycles. The third-order valence-corrected chi connectivity index (χ3v) is 5.64. The van der Waals surface area contributed by atoms with E-state index in [0.29, 0.717) is 18.6 Å². The minimum absolute atomic E-state index is 0.0694. The fraction of sp³-hybridized carbons (Fsp3) is 0.538. The number of halogens is 3. The van der Waals surface area contributed by atoms with Crippen LogP contribution in [0.25, 0.3) is 0 Å². The Morgan fingerprint density at radius 1 is 1.29 bits per heavy atom. The molecule has 1 aliphatic rings. The molecule has 1 fully saturated rings. The van der Waals surface area contributed by atoms with Gasteiger partial charge in [0, 0.05) is 31.3 Å². The third-order valence-electron chi connectivity index (χ3n) is 3.73. The van der Waals surface area contributed by atoms with Crippen LogP contribution in [0.1, 0.15) is 19.8 Å². The molecule has 1 aromatic rings. The molecule has 2 rings (SSSR count). The van der Waals surface area contributed by atoms with Gasteiger partial charge in [0.1, 0.15) is 17.5 Å². The molecule has 0 spiro atoms. The van der Waals surface area contributed by atoms with E-state index >= 15 is 0 Å². The fourth-order valence-corrected chi connectivity index (χ4v) is 4.15. The number of piperidine rings is 1. The number of nitrogens with two attached hydrogens (primary N) is 1. The lowest BCUT2D eigenvalue weighted by Crippen LogP contribution is -2.45. The van der Waals surface area contributed by atoms with E-state index in [9.17, 15) is 21.6 Å². The zero-order valence-corrected chi connectivity index (χ0v) is 12.3. The van der Waals surface area contributed by atoms with Gasteiger partial charge in [0.05, 0.1) is 0 Å². The monoisotopic (exact) mass is 322 g/mol. The third kappa shape index (κ3) is 3.22. The highest BCUT2D eigenvalue weighted by Crippen LogP contribution is 2.28. The average Bonchev–Trinajstić information content (AvgIpc) is 2.37. The van der Waals surface area contributed by atoms with Crippen molar-refractivity contribution >= 4 is 10.0 Å². The molecule has 1 saturated heterocycles. The van der Waals surface area contributed by atoms with Crippen molar-refractivity contribution in [3.63, 3.8) is 0 Å². The normalized spacial score (nSPS) is 22.2. The Bertz CT molecular complexity index is 611. The van der Waals surface area contributed by atoms with Crippen molar-refractivity contribution in [3.05, 3.63) is 29.6 Å². The minimum atomic E-state index is -4.35. The lowest BCUT2D eigenvalue weighted by atomic mass is 9.93. The number of hydrogen-bond donors (Lipinski definition) is 1. The molecule has 2 N–H and O–H groups in total. The van der Waals surface area contributed by atoms with E-state index in [-0.39, 0.29) is 25.0 Å². The summed E-state index contributed by atoms with van der Waals surface area (Å²) in [6, 6.07) is 0.511. The van der Waals surface area contributed by atoms with Crippen LogP contribution in [0.4, 0.5) is 13.2 Å². The molecule has 118 valence electrons. The number of nitrogens with zero attached hydrogens (tertiary/aromatic N) is 1. The van der Waals surface area contributed by atoms with Crippen LogP contribution in [-0.2, 0) is 10.0 Å². The molecule has 0 radical (unpaired) electrons. The smallest absolute Gasteiger partial charge is 0.248 e. The molecule has 2 atom stereocenters. The number of benzene rings is 1. The van der Waals surface area contributed by atoms with Crippen molar-refractivity contribution < 1.29 is 21.6 Å². The van der Waals surface area contributed by atoms with Crippen LogP contribution >= 0.6 is 0 Å². The van der Waals surface area contributed by atoms with E-state index in [1.54, 1.807) is 6.92 Å². The van der Waals surface area contributed by atoms with Crippen molar-refractivity contribution in [1.82, 2.24) is 4.31 Å². The maximum absolute atomic E-state index is 13.7. The Morgan fingerprint density at radius 2 is 1.86 bits per heavy atom. The number of sulfonamides is 1. The van der Waals surface area contributed by atoms with E-state index in [1.807, 2.05) is 0 Å².